The van der Waals surface area contributed by atoms with Crippen LogP contribution in [-0.2, 0) is 23.9 Å². The van der Waals surface area contributed by atoms with E-state index in [9.17, 15) is 19.5 Å². The highest BCUT2D eigenvalue weighted by atomic mass is 16.5. The van der Waals surface area contributed by atoms with Crippen molar-refractivity contribution in [3.8, 4) is 0 Å². The van der Waals surface area contributed by atoms with E-state index in [1.807, 2.05) is 13.8 Å². The van der Waals surface area contributed by atoms with Gasteiger partial charge in [0, 0.05) is 32.3 Å². The first kappa shape index (κ1) is 26.9. The summed E-state index contributed by atoms with van der Waals surface area (Å²) < 4.78 is 11.6. The number of carbonyl (C=O) groups excluding carboxylic acids is 3. The molecule has 1 N–H and O–H groups in total. The monoisotopic (exact) mass is 514 g/mol. The number of Topliss-reactive ketones (excluding diaryl/α,β-unsaturated/α-hetero) is 1. The zero-order chi connectivity index (χ0) is 26.9. The Kier molecular flexibility index (Phi) is 6.90. The van der Waals surface area contributed by atoms with Gasteiger partial charge in [-0.2, -0.15) is 0 Å². The quantitative estimate of drug-likeness (QED) is 0.503. The first-order valence-electron chi connectivity index (χ1n) is 14.6. The summed E-state index contributed by atoms with van der Waals surface area (Å²) in [7, 11) is 0. The Labute approximate surface area is 221 Å². The van der Waals surface area contributed by atoms with Gasteiger partial charge < -0.3 is 14.6 Å². The van der Waals surface area contributed by atoms with E-state index in [-0.39, 0.29) is 65.1 Å². The summed E-state index contributed by atoms with van der Waals surface area (Å²) in [6.45, 7) is 12.0. The van der Waals surface area contributed by atoms with Crippen molar-refractivity contribution < 1.29 is 29.0 Å². The second-order valence-electron chi connectivity index (χ2n) is 13.7. The predicted molar refractivity (Wildman–Crippen MR) is 139 cm³/mol. The molecule has 4 fully saturated rings. The van der Waals surface area contributed by atoms with Gasteiger partial charge in [0.15, 0.2) is 5.78 Å². The summed E-state index contributed by atoms with van der Waals surface area (Å²) in [5, 5.41) is 9.88. The van der Waals surface area contributed by atoms with E-state index in [2.05, 4.69) is 13.8 Å². The number of aliphatic hydroxyl groups is 1. The average molecular weight is 515 g/mol. The van der Waals surface area contributed by atoms with Crippen LogP contribution >= 0.6 is 0 Å². The van der Waals surface area contributed by atoms with Crippen molar-refractivity contribution in [2.24, 2.45) is 52.3 Å². The summed E-state index contributed by atoms with van der Waals surface area (Å²) in [5.41, 5.74) is 2.25. The SMILES string of the molecule is CC(=O)O[C@H]1CC[C@@]2(C)[C@@H](CC[C@@H]3[C@@H]2CC2=C(C[C@@H](C)CO)C(=O)[C@@H](C)[C@H]4[C@@H](OC(C)=O)C[C@@H]3[C@]24C)C1. The fraction of sp³-hybridized carbons (Fsp3) is 0.839. The van der Waals surface area contributed by atoms with Crippen LogP contribution in [0.15, 0.2) is 11.1 Å². The molecule has 0 aliphatic heterocycles. The van der Waals surface area contributed by atoms with Crippen molar-refractivity contribution >= 4 is 17.7 Å². The molecule has 5 aliphatic carbocycles. The fourth-order valence-corrected chi connectivity index (χ4v) is 10.2. The number of allylic oxidation sites excluding steroid dienone is 2. The Morgan fingerprint density at radius 2 is 1.76 bits per heavy atom. The minimum atomic E-state index is -0.256. The van der Waals surface area contributed by atoms with Crippen molar-refractivity contribution in [2.75, 3.05) is 6.61 Å². The van der Waals surface area contributed by atoms with Gasteiger partial charge in [0.1, 0.15) is 12.2 Å². The van der Waals surface area contributed by atoms with Crippen LogP contribution in [0.25, 0.3) is 0 Å². The maximum Gasteiger partial charge on any atom is 0.302 e. The van der Waals surface area contributed by atoms with Gasteiger partial charge in [0.2, 0.25) is 0 Å². The second kappa shape index (κ2) is 9.50. The predicted octanol–water partition coefficient (Wildman–Crippen LogP) is 5.26. The molecule has 6 nitrogen and oxygen atoms in total. The van der Waals surface area contributed by atoms with Crippen LogP contribution in [0.4, 0.5) is 0 Å². The number of aliphatic hydroxyl groups excluding tert-OH is 1. The number of rotatable bonds is 5. The molecule has 5 rings (SSSR count). The maximum atomic E-state index is 13.9. The molecular weight excluding hydrogens is 468 g/mol. The van der Waals surface area contributed by atoms with Crippen molar-refractivity contribution in [3.05, 3.63) is 11.1 Å². The average Bonchev–Trinajstić information content (AvgIpc) is 3.12. The lowest BCUT2D eigenvalue weighted by atomic mass is 9.42. The van der Waals surface area contributed by atoms with Gasteiger partial charge >= 0.3 is 11.9 Å². The molecule has 0 aromatic rings. The number of hydrogen-bond donors (Lipinski definition) is 1. The maximum absolute atomic E-state index is 13.9. The van der Waals surface area contributed by atoms with Crippen molar-refractivity contribution in [1.82, 2.24) is 0 Å². The van der Waals surface area contributed by atoms with Gasteiger partial charge in [-0.25, -0.2) is 0 Å². The molecular formula is C31H46O6. The largest absolute Gasteiger partial charge is 0.463 e. The van der Waals surface area contributed by atoms with Gasteiger partial charge in [-0.1, -0.05) is 33.3 Å². The molecule has 4 saturated carbocycles. The zero-order valence-electron chi connectivity index (χ0n) is 23.5. The molecule has 0 aromatic heterocycles. The number of hydrogen-bond acceptors (Lipinski definition) is 6. The number of ether oxygens (including phenoxy) is 2. The second-order valence-corrected chi connectivity index (χ2v) is 13.7. The van der Waals surface area contributed by atoms with Crippen molar-refractivity contribution in [1.29, 1.82) is 0 Å². The molecule has 206 valence electrons. The van der Waals surface area contributed by atoms with Gasteiger partial charge in [-0.3, -0.25) is 14.4 Å². The molecule has 0 aromatic carbocycles. The standard InChI is InChI=1S/C31H46O6/c1-16(15-32)11-23-25-13-24-22(8-7-20-12-21(36-18(3)33)9-10-30(20,24)5)26-14-27(37-19(4)34)28(31(25,26)6)17(2)29(23)35/h16-17,20-22,24,26-28,32H,7-15H2,1-6H3/t16-,17+,20+,21+,22-,24+,26+,27+,28+,30+,31+/m1/s1. The zero-order valence-corrected chi connectivity index (χ0v) is 23.5. The van der Waals surface area contributed by atoms with E-state index in [0.29, 0.717) is 30.1 Å². The van der Waals surface area contributed by atoms with Crippen LogP contribution in [-0.4, -0.2) is 41.6 Å². The van der Waals surface area contributed by atoms with Crippen LogP contribution in [0.1, 0.15) is 92.9 Å². The van der Waals surface area contributed by atoms with Crippen LogP contribution < -0.4 is 0 Å². The highest BCUT2D eigenvalue weighted by molar-refractivity contribution is 5.99. The fourth-order valence-electron chi connectivity index (χ4n) is 10.2. The Hall–Kier alpha value is -1.69. The number of carbonyl (C=O) groups is 3. The van der Waals surface area contributed by atoms with E-state index in [1.165, 1.54) is 19.4 Å². The topological polar surface area (TPSA) is 89.9 Å². The lowest BCUT2D eigenvalue weighted by molar-refractivity contribution is -0.158. The lowest BCUT2D eigenvalue weighted by Crippen LogP contribution is -2.57. The van der Waals surface area contributed by atoms with E-state index in [4.69, 9.17) is 9.47 Å². The van der Waals surface area contributed by atoms with Crippen LogP contribution in [0, 0.1) is 52.3 Å². The molecule has 5 aliphatic rings. The third kappa shape index (κ3) is 4.11. The number of ketones is 1. The third-order valence-corrected chi connectivity index (χ3v) is 11.8. The highest BCUT2D eigenvalue weighted by Gasteiger charge is 2.68. The molecule has 0 bridgehead atoms. The van der Waals surface area contributed by atoms with Crippen molar-refractivity contribution in [2.45, 2.75) is 105 Å². The van der Waals surface area contributed by atoms with Gasteiger partial charge in [-0.05, 0) is 97.4 Å². The molecule has 0 spiro atoms. The first-order valence-corrected chi connectivity index (χ1v) is 14.6. The van der Waals surface area contributed by atoms with E-state index >= 15 is 0 Å². The van der Waals surface area contributed by atoms with Crippen LogP contribution in [0.3, 0.4) is 0 Å². The number of esters is 2. The first-order chi connectivity index (χ1) is 17.4. The van der Waals surface area contributed by atoms with Gasteiger partial charge in [0.05, 0.1) is 0 Å². The van der Waals surface area contributed by atoms with Crippen LogP contribution in [0.5, 0.6) is 0 Å². The molecule has 0 radical (unpaired) electrons. The van der Waals surface area contributed by atoms with E-state index in [1.54, 1.807) is 0 Å². The smallest absolute Gasteiger partial charge is 0.302 e. The normalized spacial score (nSPS) is 45.4. The Balaban J connectivity index is 1.57. The molecule has 11 atom stereocenters. The Morgan fingerprint density at radius 3 is 2.41 bits per heavy atom. The molecule has 6 heteroatoms. The van der Waals surface area contributed by atoms with Gasteiger partial charge in [0.25, 0.3) is 0 Å². The van der Waals surface area contributed by atoms with E-state index in [0.717, 1.165) is 50.5 Å². The number of fused-ring (bicyclic) bond motifs is 4. The summed E-state index contributed by atoms with van der Waals surface area (Å²) in [6, 6.07) is 0. The van der Waals surface area contributed by atoms with Gasteiger partial charge in [-0.15, -0.1) is 0 Å². The molecule has 0 unspecified atom stereocenters. The molecule has 0 saturated heterocycles. The Bertz CT molecular complexity index is 1000. The molecule has 0 amide bonds. The van der Waals surface area contributed by atoms with Crippen molar-refractivity contribution in [3.63, 3.8) is 0 Å². The summed E-state index contributed by atoms with van der Waals surface area (Å²) in [4.78, 5) is 37.7. The highest BCUT2D eigenvalue weighted by Crippen LogP contribution is 2.72. The summed E-state index contributed by atoms with van der Waals surface area (Å²) in [6.07, 6.45) is 7.35. The molecule has 0 heterocycles. The minimum absolute atomic E-state index is 0.0162. The molecule has 37 heavy (non-hydrogen) atoms. The van der Waals surface area contributed by atoms with Crippen LogP contribution in [0.2, 0.25) is 0 Å². The minimum Gasteiger partial charge on any atom is -0.463 e. The summed E-state index contributed by atoms with van der Waals surface area (Å²) in [5.74, 6) is 1.52. The van der Waals surface area contributed by atoms with E-state index < -0.39 is 0 Å². The Morgan fingerprint density at radius 1 is 1.05 bits per heavy atom. The summed E-state index contributed by atoms with van der Waals surface area (Å²) >= 11 is 0. The lowest BCUT2D eigenvalue weighted by Gasteiger charge is -2.63. The third-order valence-electron chi connectivity index (χ3n) is 11.8.